The summed E-state index contributed by atoms with van der Waals surface area (Å²) in [7, 11) is 0. The molecule has 0 saturated carbocycles. The first-order valence-corrected chi connectivity index (χ1v) is 14.8. The number of carboxylic acid groups (broad SMARTS) is 3. The van der Waals surface area contributed by atoms with Crippen LogP contribution in [-0.2, 0) is 36.9 Å². The number of benzene rings is 3. The van der Waals surface area contributed by atoms with Gasteiger partial charge in [0.05, 0.1) is 5.56 Å². The van der Waals surface area contributed by atoms with Crippen molar-refractivity contribution in [3.8, 4) is 11.1 Å². The highest BCUT2D eigenvalue weighted by molar-refractivity contribution is 6.02. The molecule has 1 fully saturated rings. The van der Waals surface area contributed by atoms with E-state index in [4.69, 9.17) is 0 Å². The van der Waals surface area contributed by atoms with E-state index in [0.29, 0.717) is 25.9 Å². The lowest BCUT2D eigenvalue weighted by molar-refractivity contribution is -0.150. The molecule has 0 bridgehead atoms. The van der Waals surface area contributed by atoms with Gasteiger partial charge in [0, 0.05) is 26.4 Å². The molecule has 3 aromatic rings. The fraction of sp³-hybridized carbons (Fsp3) is 0.294. The highest BCUT2D eigenvalue weighted by atomic mass is 16.4. The number of hydrogen-bond donors (Lipinski definition) is 5. The van der Waals surface area contributed by atoms with E-state index in [-0.39, 0.29) is 17.9 Å². The van der Waals surface area contributed by atoms with Crippen molar-refractivity contribution in [2.75, 3.05) is 6.54 Å². The zero-order chi connectivity index (χ0) is 33.4. The summed E-state index contributed by atoms with van der Waals surface area (Å²) in [5, 5.41) is 33.6. The number of rotatable bonds is 12. The van der Waals surface area contributed by atoms with Crippen LogP contribution < -0.4 is 10.6 Å². The Labute approximate surface area is 265 Å². The molecule has 1 aliphatic heterocycles. The molecule has 46 heavy (non-hydrogen) atoms. The molecule has 1 heterocycles. The number of hydrogen-bond acceptors (Lipinski definition) is 6. The highest BCUT2D eigenvalue weighted by Crippen LogP contribution is 2.24. The maximum absolute atomic E-state index is 13.6. The van der Waals surface area contributed by atoms with Crippen LogP contribution in [-0.4, -0.2) is 74.5 Å². The molecule has 0 spiro atoms. The zero-order valence-electron chi connectivity index (χ0n) is 25.1. The van der Waals surface area contributed by atoms with Crippen molar-refractivity contribution < 1.29 is 44.1 Å². The van der Waals surface area contributed by atoms with E-state index in [1.807, 2.05) is 54.6 Å². The van der Waals surface area contributed by atoms with E-state index in [1.165, 1.54) is 13.0 Å². The molecule has 12 nitrogen and oxygen atoms in total. The van der Waals surface area contributed by atoms with Crippen molar-refractivity contribution in [1.29, 1.82) is 0 Å². The first kappa shape index (κ1) is 33.4. The number of carboxylic acids is 3. The van der Waals surface area contributed by atoms with E-state index in [9.17, 15) is 44.1 Å². The van der Waals surface area contributed by atoms with Crippen LogP contribution in [0.5, 0.6) is 0 Å². The third kappa shape index (κ3) is 8.35. The second kappa shape index (κ2) is 15.0. The van der Waals surface area contributed by atoms with Crippen LogP contribution in [0.1, 0.15) is 59.2 Å². The second-order valence-corrected chi connectivity index (χ2v) is 11.2. The van der Waals surface area contributed by atoms with Gasteiger partial charge in [-0.1, -0.05) is 66.7 Å². The van der Waals surface area contributed by atoms with Crippen LogP contribution >= 0.6 is 0 Å². The maximum atomic E-state index is 13.6. The Kier molecular flexibility index (Phi) is 10.9. The van der Waals surface area contributed by atoms with E-state index >= 15 is 0 Å². The summed E-state index contributed by atoms with van der Waals surface area (Å²) >= 11 is 0. The van der Waals surface area contributed by atoms with Gasteiger partial charge in [0.1, 0.15) is 12.1 Å². The van der Waals surface area contributed by atoms with Gasteiger partial charge in [0.2, 0.25) is 17.7 Å². The summed E-state index contributed by atoms with van der Waals surface area (Å²) in [6.45, 7) is 2.07. The summed E-state index contributed by atoms with van der Waals surface area (Å²) in [5.74, 6) is -8.58. The van der Waals surface area contributed by atoms with Gasteiger partial charge < -0.3 is 30.9 Å². The van der Waals surface area contributed by atoms with Crippen LogP contribution in [0, 0.1) is 0 Å². The number of amides is 3. The van der Waals surface area contributed by atoms with Crippen LogP contribution in [0.4, 0.5) is 0 Å². The van der Waals surface area contributed by atoms with E-state index in [0.717, 1.165) is 35.2 Å². The molecule has 5 N–H and O–H groups in total. The summed E-state index contributed by atoms with van der Waals surface area (Å²) in [4.78, 5) is 75.7. The molecule has 0 aromatic heterocycles. The minimum Gasteiger partial charge on any atom is -0.480 e. The summed E-state index contributed by atoms with van der Waals surface area (Å²) < 4.78 is 0. The first-order valence-electron chi connectivity index (χ1n) is 14.8. The predicted molar refractivity (Wildman–Crippen MR) is 166 cm³/mol. The SMILES string of the molecule is CC(=O)NC(Cc1ccc(C(C(=O)O)C(=O)O)c(C(=O)O)c1)C(=O)N[C@H]1CCCCN(Cc2ccc(-c3ccccc3)cc2)C1=O. The van der Waals surface area contributed by atoms with Gasteiger partial charge in [-0.25, -0.2) is 4.79 Å². The Morgan fingerprint density at radius 1 is 0.848 bits per heavy atom. The molecule has 240 valence electrons. The quantitative estimate of drug-likeness (QED) is 0.187. The summed E-state index contributed by atoms with van der Waals surface area (Å²) in [6, 6.07) is 19.3. The van der Waals surface area contributed by atoms with E-state index < -0.39 is 58.9 Å². The molecule has 1 aliphatic rings. The molecule has 2 atom stereocenters. The maximum Gasteiger partial charge on any atom is 0.336 e. The number of aromatic carboxylic acids is 1. The normalized spacial score (nSPS) is 15.5. The van der Waals surface area contributed by atoms with Crippen molar-refractivity contribution in [2.45, 2.75) is 57.2 Å². The third-order valence-corrected chi connectivity index (χ3v) is 7.82. The Bertz CT molecular complexity index is 1610. The molecule has 3 aromatic carbocycles. The van der Waals surface area contributed by atoms with Crippen LogP contribution in [0.3, 0.4) is 0 Å². The van der Waals surface area contributed by atoms with Gasteiger partial charge in [-0.05, 0) is 53.1 Å². The van der Waals surface area contributed by atoms with Crippen LogP contribution in [0.15, 0.2) is 72.8 Å². The molecule has 1 saturated heterocycles. The highest BCUT2D eigenvalue weighted by Gasteiger charge is 2.33. The minimum atomic E-state index is -2.11. The average Bonchev–Trinajstić information content (AvgIpc) is 3.18. The van der Waals surface area contributed by atoms with Crippen molar-refractivity contribution in [3.63, 3.8) is 0 Å². The third-order valence-electron chi connectivity index (χ3n) is 7.82. The lowest BCUT2D eigenvalue weighted by Crippen LogP contribution is -2.54. The van der Waals surface area contributed by atoms with Crippen molar-refractivity contribution >= 4 is 35.6 Å². The smallest absolute Gasteiger partial charge is 0.336 e. The number of aliphatic carboxylic acids is 2. The standard InChI is InChI=1S/C34H35N3O9/c1-20(38)35-28(18-22-12-15-25(26(17-22)32(41)42)29(33(43)44)34(45)46)30(39)36-27-9-5-6-16-37(31(27)40)19-21-10-13-24(14-11-21)23-7-3-2-4-8-23/h2-4,7-8,10-15,17,27-29H,5-6,9,16,18-19H2,1H3,(H,35,38)(H,36,39)(H,41,42)(H,43,44)(H,45,46)/t27-,28?/m0/s1. The second-order valence-electron chi connectivity index (χ2n) is 11.2. The average molecular weight is 630 g/mol. The summed E-state index contributed by atoms with van der Waals surface area (Å²) in [5.41, 5.74) is 2.31. The topological polar surface area (TPSA) is 190 Å². The number of carbonyl (C=O) groups excluding carboxylic acids is 3. The molecular weight excluding hydrogens is 594 g/mol. The fourth-order valence-electron chi connectivity index (χ4n) is 5.55. The Balaban J connectivity index is 1.49. The lowest BCUT2D eigenvalue weighted by Gasteiger charge is -2.27. The minimum absolute atomic E-state index is 0.199. The van der Waals surface area contributed by atoms with Crippen molar-refractivity contribution in [3.05, 3.63) is 95.1 Å². The Morgan fingerprint density at radius 2 is 1.48 bits per heavy atom. The van der Waals surface area contributed by atoms with Crippen molar-refractivity contribution in [2.24, 2.45) is 0 Å². The molecular formula is C34H35N3O9. The van der Waals surface area contributed by atoms with E-state index in [2.05, 4.69) is 10.6 Å². The van der Waals surface area contributed by atoms with Gasteiger partial charge in [-0.2, -0.15) is 0 Å². The molecule has 12 heteroatoms. The zero-order valence-corrected chi connectivity index (χ0v) is 25.1. The van der Waals surface area contributed by atoms with Gasteiger partial charge in [0.25, 0.3) is 0 Å². The number of likely N-dealkylation sites (tertiary alicyclic amines) is 1. The predicted octanol–water partition coefficient (Wildman–Crippen LogP) is 3.05. The first-order chi connectivity index (χ1) is 21.9. The van der Waals surface area contributed by atoms with Gasteiger partial charge in [-0.15, -0.1) is 0 Å². The van der Waals surface area contributed by atoms with Gasteiger partial charge >= 0.3 is 17.9 Å². The van der Waals surface area contributed by atoms with Crippen molar-refractivity contribution in [1.82, 2.24) is 15.5 Å². The fourth-order valence-corrected chi connectivity index (χ4v) is 5.55. The molecule has 4 rings (SSSR count). The Hall–Kier alpha value is -5.52. The monoisotopic (exact) mass is 629 g/mol. The van der Waals surface area contributed by atoms with Gasteiger partial charge in [0.15, 0.2) is 5.92 Å². The largest absolute Gasteiger partial charge is 0.480 e. The molecule has 0 aliphatic carbocycles. The lowest BCUT2D eigenvalue weighted by atomic mass is 9.91. The van der Waals surface area contributed by atoms with Crippen LogP contribution in [0.25, 0.3) is 11.1 Å². The number of carbonyl (C=O) groups is 6. The molecule has 3 amide bonds. The van der Waals surface area contributed by atoms with E-state index in [1.54, 1.807) is 4.90 Å². The van der Waals surface area contributed by atoms with Gasteiger partial charge in [-0.3, -0.25) is 24.0 Å². The number of nitrogens with zero attached hydrogens (tertiary/aromatic N) is 1. The molecule has 1 unspecified atom stereocenters. The Morgan fingerprint density at radius 3 is 2.09 bits per heavy atom. The number of nitrogens with one attached hydrogen (secondary N) is 2. The van der Waals surface area contributed by atoms with Crippen LogP contribution in [0.2, 0.25) is 0 Å². The molecule has 0 radical (unpaired) electrons. The summed E-state index contributed by atoms with van der Waals surface area (Å²) in [6.07, 6.45) is 1.62.